The molecule has 0 saturated carbocycles. The number of allylic oxidation sites excluding steroid dienone is 2. The van der Waals surface area contributed by atoms with Gasteiger partial charge in [-0.1, -0.05) is 77.4 Å². The second-order valence-corrected chi connectivity index (χ2v) is 8.41. The number of hydrogen-bond acceptors (Lipinski definition) is 2. The van der Waals surface area contributed by atoms with E-state index in [2.05, 4.69) is 42.1 Å². The number of unbranched alkanes of at least 4 members (excludes halogenated alkanes) is 5. The van der Waals surface area contributed by atoms with Crippen LogP contribution in [0.2, 0.25) is 0 Å². The maximum Gasteiger partial charge on any atom is 0.241 e. The fourth-order valence-corrected chi connectivity index (χ4v) is 4.67. The highest BCUT2D eigenvalue weighted by atomic mass is 32.1. The molecule has 0 spiro atoms. The molecule has 4 heteroatoms. The van der Waals surface area contributed by atoms with Crippen molar-refractivity contribution in [3.63, 3.8) is 0 Å². The molecule has 3 unspecified atom stereocenters. The van der Waals surface area contributed by atoms with E-state index in [1.165, 1.54) is 77.0 Å². The summed E-state index contributed by atoms with van der Waals surface area (Å²) in [5.41, 5.74) is 1.66. The van der Waals surface area contributed by atoms with E-state index >= 15 is 0 Å². The maximum absolute atomic E-state index is 5.17. The zero-order valence-electron chi connectivity index (χ0n) is 17.0. The van der Waals surface area contributed by atoms with Gasteiger partial charge in [-0.05, 0) is 56.2 Å². The number of nitrogens with zero attached hydrogens (tertiary/aromatic N) is 3. The summed E-state index contributed by atoms with van der Waals surface area (Å²) in [6.07, 6.45) is 18.0. The lowest BCUT2D eigenvalue weighted by molar-refractivity contribution is 0.357. The fourth-order valence-electron chi connectivity index (χ4n) is 4.54. The predicted octanol–water partition coefficient (Wildman–Crippen LogP) is 7.67. The van der Waals surface area contributed by atoms with Crippen LogP contribution in [0.5, 0.6) is 0 Å². The van der Waals surface area contributed by atoms with Gasteiger partial charge in [0.15, 0.2) is 5.84 Å². The van der Waals surface area contributed by atoms with Crippen LogP contribution in [0.1, 0.15) is 97.8 Å². The van der Waals surface area contributed by atoms with E-state index in [0.29, 0.717) is 22.9 Å². The Balaban J connectivity index is 2.09. The number of thiocarbonyl (C=S) groups is 1. The van der Waals surface area contributed by atoms with Crippen LogP contribution in [0.4, 0.5) is 0 Å². The number of amidine groups is 1. The minimum Gasteiger partial charge on any atom is -0.200 e. The third kappa shape index (κ3) is 6.37. The Labute approximate surface area is 165 Å². The molecule has 0 saturated heterocycles. The lowest BCUT2D eigenvalue weighted by atomic mass is 9.72. The molecule has 0 aromatic heterocycles. The van der Waals surface area contributed by atoms with E-state index in [9.17, 15) is 0 Å². The van der Waals surface area contributed by atoms with Crippen LogP contribution in [0.25, 0.3) is 0 Å². The first-order chi connectivity index (χ1) is 12.7. The van der Waals surface area contributed by atoms with Crippen molar-refractivity contribution < 1.29 is 0 Å². The van der Waals surface area contributed by atoms with Crippen LogP contribution in [0, 0.1) is 17.8 Å². The van der Waals surface area contributed by atoms with Crippen molar-refractivity contribution in [1.82, 2.24) is 0 Å². The number of aliphatic imine (C=N–C) groups is 1. The second kappa shape index (κ2) is 11.7. The number of azo groups is 1. The van der Waals surface area contributed by atoms with Gasteiger partial charge in [-0.25, -0.2) is 0 Å². The number of rotatable bonds is 12. The summed E-state index contributed by atoms with van der Waals surface area (Å²) in [6, 6.07) is 0. The van der Waals surface area contributed by atoms with Crippen molar-refractivity contribution in [3.05, 3.63) is 11.6 Å². The van der Waals surface area contributed by atoms with Crippen molar-refractivity contribution >= 4 is 23.2 Å². The molecule has 0 amide bonds. The van der Waals surface area contributed by atoms with Gasteiger partial charge in [0.05, 0.1) is 0 Å². The highest BCUT2D eigenvalue weighted by molar-refractivity contribution is 7.80. The quantitative estimate of drug-likeness (QED) is 0.196. The molecule has 3 atom stereocenters. The molecule has 1 aliphatic carbocycles. The van der Waals surface area contributed by atoms with Gasteiger partial charge in [0.2, 0.25) is 5.11 Å². The molecule has 146 valence electrons. The summed E-state index contributed by atoms with van der Waals surface area (Å²) in [5, 5.41) is 8.83. The van der Waals surface area contributed by atoms with Gasteiger partial charge < -0.3 is 0 Å². The topological polar surface area (TPSA) is 37.1 Å². The average molecular weight is 376 g/mol. The molecule has 0 aromatic rings. The Hall–Kier alpha value is -0.900. The monoisotopic (exact) mass is 375 g/mol. The molecule has 26 heavy (non-hydrogen) atoms. The standard InChI is InChI=1S/C22H37N3S/c1-4-6-7-8-9-10-16-20(21-23-22(26)25-24-21)19(13-5-2)18-15-12-11-14-17(18)3/h15,17,19-20H,4-14,16H2,1-3H3. The Bertz CT molecular complexity index is 536. The summed E-state index contributed by atoms with van der Waals surface area (Å²) in [7, 11) is 0. The fraction of sp³-hybridized carbons (Fsp3) is 0.818. The zero-order valence-corrected chi connectivity index (χ0v) is 17.9. The summed E-state index contributed by atoms with van der Waals surface area (Å²) in [6.45, 7) is 6.97. The SMILES string of the molecule is CCCCCCCCC(C1=NC(=S)N=N1)C(CCC)C1=CCCCC1C. The van der Waals surface area contributed by atoms with E-state index in [0.717, 1.165) is 5.84 Å². The molecular weight excluding hydrogens is 338 g/mol. The van der Waals surface area contributed by atoms with Crippen LogP contribution >= 0.6 is 12.2 Å². The first-order valence-corrected chi connectivity index (χ1v) is 11.3. The van der Waals surface area contributed by atoms with Crippen molar-refractivity contribution in [2.45, 2.75) is 97.8 Å². The van der Waals surface area contributed by atoms with E-state index in [1.54, 1.807) is 5.57 Å². The van der Waals surface area contributed by atoms with Crippen molar-refractivity contribution in [3.8, 4) is 0 Å². The third-order valence-corrected chi connectivity index (χ3v) is 6.13. The van der Waals surface area contributed by atoms with Gasteiger partial charge in [-0.2, -0.15) is 4.99 Å². The van der Waals surface area contributed by atoms with Gasteiger partial charge in [0, 0.05) is 5.92 Å². The largest absolute Gasteiger partial charge is 0.241 e. The van der Waals surface area contributed by atoms with Gasteiger partial charge in [-0.15, -0.1) is 10.2 Å². The van der Waals surface area contributed by atoms with Crippen LogP contribution in [-0.2, 0) is 0 Å². The second-order valence-electron chi connectivity index (χ2n) is 8.05. The van der Waals surface area contributed by atoms with Crippen molar-refractivity contribution in [2.75, 3.05) is 0 Å². The van der Waals surface area contributed by atoms with Gasteiger partial charge in [0.1, 0.15) is 0 Å². The van der Waals surface area contributed by atoms with Gasteiger partial charge >= 0.3 is 0 Å². The maximum atomic E-state index is 5.17. The average Bonchev–Trinajstić information content (AvgIpc) is 3.06. The highest BCUT2D eigenvalue weighted by Gasteiger charge is 2.33. The normalized spacial score (nSPS) is 22.3. The lowest BCUT2D eigenvalue weighted by Gasteiger charge is -2.33. The van der Waals surface area contributed by atoms with Crippen LogP contribution < -0.4 is 0 Å². The van der Waals surface area contributed by atoms with Crippen LogP contribution in [-0.4, -0.2) is 10.9 Å². The van der Waals surface area contributed by atoms with E-state index < -0.39 is 0 Å². The Kier molecular flexibility index (Phi) is 9.66. The smallest absolute Gasteiger partial charge is 0.200 e. The van der Waals surface area contributed by atoms with Gasteiger partial charge in [-0.3, -0.25) is 0 Å². The molecule has 0 fully saturated rings. The molecule has 2 aliphatic rings. The van der Waals surface area contributed by atoms with E-state index in [1.807, 2.05) is 0 Å². The minimum atomic E-state index is 0.386. The number of hydrogen-bond donors (Lipinski definition) is 0. The minimum absolute atomic E-state index is 0.386. The van der Waals surface area contributed by atoms with Crippen LogP contribution in [0.15, 0.2) is 26.9 Å². The molecule has 0 N–H and O–H groups in total. The Morgan fingerprint density at radius 2 is 1.77 bits per heavy atom. The molecule has 0 radical (unpaired) electrons. The van der Waals surface area contributed by atoms with E-state index in [-0.39, 0.29) is 0 Å². The molecule has 0 aromatic carbocycles. The lowest BCUT2D eigenvalue weighted by Crippen LogP contribution is -2.27. The first kappa shape index (κ1) is 21.4. The molecule has 3 nitrogen and oxygen atoms in total. The van der Waals surface area contributed by atoms with Crippen molar-refractivity contribution in [1.29, 1.82) is 0 Å². The Morgan fingerprint density at radius 3 is 2.42 bits per heavy atom. The zero-order chi connectivity index (χ0) is 18.8. The molecule has 0 bridgehead atoms. The highest BCUT2D eigenvalue weighted by Crippen LogP contribution is 2.39. The van der Waals surface area contributed by atoms with Crippen molar-refractivity contribution in [2.24, 2.45) is 33.0 Å². The summed E-state index contributed by atoms with van der Waals surface area (Å²) >= 11 is 5.17. The summed E-state index contributed by atoms with van der Waals surface area (Å²) < 4.78 is 0. The predicted molar refractivity (Wildman–Crippen MR) is 116 cm³/mol. The molecule has 1 aliphatic heterocycles. The third-order valence-electron chi connectivity index (χ3n) is 5.95. The summed E-state index contributed by atoms with van der Waals surface area (Å²) in [5.74, 6) is 2.54. The summed E-state index contributed by atoms with van der Waals surface area (Å²) in [4.78, 5) is 4.53. The molecule has 2 rings (SSSR count). The van der Waals surface area contributed by atoms with Crippen LogP contribution in [0.3, 0.4) is 0 Å². The molecule has 1 heterocycles. The van der Waals surface area contributed by atoms with E-state index in [4.69, 9.17) is 12.2 Å². The first-order valence-electron chi connectivity index (χ1n) is 10.9. The van der Waals surface area contributed by atoms with Gasteiger partial charge in [0.25, 0.3) is 0 Å². The molecular formula is C22H37N3S. The Morgan fingerprint density at radius 1 is 1.00 bits per heavy atom.